The quantitative estimate of drug-likeness (QED) is 0.811. The predicted molar refractivity (Wildman–Crippen MR) is 65.9 cm³/mol. The van der Waals surface area contributed by atoms with E-state index in [9.17, 15) is 4.79 Å². The van der Waals surface area contributed by atoms with Gasteiger partial charge in [-0.3, -0.25) is 0 Å². The van der Waals surface area contributed by atoms with E-state index in [2.05, 4.69) is 5.32 Å². The van der Waals surface area contributed by atoms with Gasteiger partial charge in [0.05, 0.1) is 5.02 Å². The smallest absolute Gasteiger partial charge is 0.321 e. The second kappa shape index (κ2) is 5.28. The standard InChI is InChI=1S/C10H13ClN2OS/c1-13(2)10(14)12-7-4-5-8(11)9(6-7)15-3/h4-6H,1-3H3,(H,12,14). The van der Waals surface area contributed by atoms with E-state index in [1.165, 1.54) is 4.90 Å². The Labute approximate surface area is 98.8 Å². The number of nitrogens with zero attached hydrogens (tertiary/aromatic N) is 1. The van der Waals surface area contributed by atoms with Gasteiger partial charge >= 0.3 is 6.03 Å². The molecule has 0 saturated carbocycles. The summed E-state index contributed by atoms with van der Waals surface area (Å²) >= 11 is 7.50. The lowest BCUT2D eigenvalue weighted by atomic mass is 10.3. The molecule has 5 heteroatoms. The number of benzene rings is 1. The van der Waals surface area contributed by atoms with Crippen LogP contribution in [0.4, 0.5) is 10.5 Å². The summed E-state index contributed by atoms with van der Waals surface area (Å²) in [6, 6.07) is 5.26. The molecular formula is C10H13ClN2OS. The molecule has 0 fully saturated rings. The molecule has 82 valence electrons. The van der Waals surface area contributed by atoms with Gasteiger partial charge in [-0.1, -0.05) is 11.6 Å². The van der Waals surface area contributed by atoms with Gasteiger partial charge < -0.3 is 10.2 Å². The molecule has 0 aromatic heterocycles. The molecule has 1 aromatic rings. The first-order valence-electron chi connectivity index (χ1n) is 4.36. The van der Waals surface area contributed by atoms with E-state index in [1.54, 1.807) is 38.0 Å². The highest BCUT2D eigenvalue weighted by atomic mass is 35.5. The Bertz CT molecular complexity index is 368. The lowest BCUT2D eigenvalue weighted by Gasteiger charge is -2.12. The van der Waals surface area contributed by atoms with Crippen LogP contribution in [0.3, 0.4) is 0 Å². The average molecular weight is 245 g/mol. The second-order valence-electron chi connectivity index (χ2n) is 3.17. The maximum Gasteiger partial charge on any atom is 0.321 e. The normalized spacial score (nSPS) is 9.87. The van der Waals surface area contributed by atoms with E-state index < -0.39 is 0 Å². The third kappa shape index (κ3) is 3.32. The maximum absolute atomic E-state index is 11.4. The van der Waals surface area contributed by atoms with Gasteiger partial charge in [0.15, 0.2) is 0 Å². The van der Waals surface area contributed by atoms with E-state index in [1.807, 2.05) is 12.3 Å². The van der Waals surface area contributed by atoms with Gasteiger partial charge in [-0.05, 0) is 24.5 Å². The van der Waals surface area contributed by atoms with Gasteiger partial charge in [0.1, 0.15) is 0 Å². The summed E-state index contributed by atoms with van der Waals surface area (Å²) in [5.74, 6) is 0. The lowest BCUT2D eigenvalue weighted by molar-refractivity contribution is 0.230. The Balaban J connectivity index is 2.83. The fourth-order valence-electron chi connectivity index (χ4n) is 0.973. The highest BCUT2D eigenvalue weighted by molar-refractivity contribution is 7.98. The largest absolute Gasteiger partial charge is 0.331 e. The molecule has 0 aliphatic heterocycles. The van der Waals surface area contributed by atoms with Crippen LogP contribution in [-0.4, -0.2) is 31.3 Å². The Morgan fingerprint density at radius 3 is 2.67 bits per heavy atom. The number of anilines is 1. The van der Waals surface area contributed by atoms with Crippen LogP contribution < -0.4 is 5.32 Å². The summed E-state index contributed by atoms with van der Waals surface area (Å²) in [6.45, 7) is 0. The van der Waals surface area contributed by atoms with E-state index in [4.69, 9.17) is 11.6 Å². The van der Waals surface area contributed by atoms with Crippen molar-refractivity contribution in [2.75, 3.05) is 25.7 Å². The van der Waals surface area contributed by atoms with Crippen molar-refractivity contribution in [2.45, 2.75) is 4.90 Å². The Morgan fingerprint density at radius 1 is 1.47 bits per heavy atom. The fourth-order valence-corrected chi connectivity index (χ4v) is 1.83. The molecule has 1 aromatic carbocycles. The predicted octanol–water partition coefficient (Wildman–Crippen LogP) is 3.16. The van der Waals surface area contributed by atoms with Crippen LogP contribution >= 0.6 is 23.4 Å². The molecule has 0 aliphatic carbocycles. The molecule has 0 unspecified atom stereocenters. The number of thioether (sulfide) groups is 1. The van der Waals surface area contributed by atoms with E-state index in [0.29, 0.717) is 5.02 Å². The summed E-state index contributed by atoms with van der Waals surface area (Å²) in [4.78, 5) is 13.8. The first-order valence-corrected chi connectivity index (χ1v) is 5.96. The van der Waals surface area contributed by atoms with Crippen LogP contribution in [-0.2, 0) is 0 Å². The zero-order valence-corrected chi connectivity index (χ0v) is 10.4. The van der Waals surface area contributed by atoms with Crippen LogP contribution in [0.5, 0.6) is 0 Å². The first-order chi connectivity index (χ1) is 7.04. The van der Waals surface area contributed by atoms with Crippen LogP contribution in [0.15, 0.2) is 23.1 Å². The molecule has 1 N–H and O–H groups in total. The average Bonchev–Trinajstić information content (AvgIpc) is 2.20. The van der Waals surface area contributed by atoms with Crippen molar-refractivity contribution in [2.24, 2.45) is 0 Å². The number of rotatable bonds is 2. The number of amides is 2. The number of carbonyl (C=O) groups is 1. The molecule has 0 spiro atoms. The van der Waals surface area contributed by atoms with Crippen LogP contribution in [0.1, 0.15) is 0 Å². The molecule has 0 atom stereocenters. The minimum Gasteiger partial charge on any atom is -0.331 e. The van der Waals surface area contributed by atoms with Crippen LogP contribution in [0.2, 0.25) is 5.02 Å². The summed E-state index contributed by atoms with van der Waals surface area (Å²) in [6.07, 6.45) is 1.94. The van der Waals surface area contributed by atoms with Crippen molar-refractivity contribution in [3.05, 3.63) is 23.2 Å². The number of carbonyl (C=O) groups excluding carboxylic acids is 1. The van der Waals surface area contributed by atoms with Crippen molar-refractivity contribution in [1.82, 2.24) is 4.90 Å². The number of halogens is 1. The minimum atomic E-state index is -0.149. The van der Waals surface area contributed by atoms with E-state index in [0.717, 1.165) is 10.6 Å². The zero-order chi connectivity index (χ0) is 11.4. The first kappa shape index (κ1) is 12.2. The minimum absolute atomic E-state index is 0.149. The van der Waals surface area contributed by atoms with Crippen molar-refractivity contribution >= 4 is 35.1 Å². The van der Waals surface area contributed by atoms with E-state index in [-0.39, 0.29) is 6.03 Å². The van der Waals surface area contributed by atoms with Gasteiger partial charge in [-0.25, -0.2) is 4.79 Å². The van der Waals surface area contributed by atoms with E-state index >= 15 is 0 Å². The highest BCUT2D eigenvalue weighted by Gasteiger charge is 2.05. The molecule has 0 heterocycles. The fraction of sp³-hybridized carbons (Fsp3) is 0.300. The van der Waals surface area contributed by atoms with Crippen LogP contribution in [0.25, 0.3) is 0 Å². The van der Waals surface area contributed by atoms with Crippen molar-refractivity contribution in [1.29, 1.82) is 0 Å². The molecule has 1 rings (SSSR count). The molecule has 0 radical (unpaired) electrons. The lowest BCUT2D eigenvalue weighted by Crippen LogP contribution is -2.27. The molecular weight excluding hydrogens is 232 g/mol. The van der Waals surface area contributed by atoms with Gasteiger partial charge in [0.2, 0.25) is 0 Å². The zero-order valence-electron chi connectivity index (χ0n) is 8.87. The summed E-state index contributed by atoms with van der Waals surface area (Å²) in [5.41, 5.74) is 0.752. The molecule has 0 aliphatic rings. The SMILES string of the molecule is CSc1cc(NC(=O)N(C)C)ccc1Cl. The third-order valence-electron chi connectivity index (χ3n) is 1.81. The summed E-state index contributed by atoms with van der Waals surface area (Å²) in [7, 11) is 3.39. The van der Waals surface area contributed by atoms with Gasteiger partial charge in [-0.15, -0.1) is 11.8 Å². The van der Waals surface area contributed by atoms with Gasteiger partial charge in [0, 0.05) is 24.7 Å². The molecule has 0 saturated heterocycles. The van der Waals surface area contributed by atoms with Gasteiger partial charge in [-0.2, -0.15) is 0 Å². The summed E-state index contributed by atoms with van der Waals surface area (Å²) in [5, 5.41) is 3.46. The second-order valence-corrected chi connectivity index (χ2v) is 4.43. The molecule has 3 nitrogen and oxygen atoms in total. The topological polar surface area (TPSA) is 32.3 Å². The Morgan fingerprint density at radius 2 is 2.13 bits per heavy atom. The number of hydrogen-bond acceptors (Lipinski definition) is 2. The van der Waals surface area contributed by atoms with Crippen molar-refractivity contribution in [3.8, 4) is 0 Å². The van der Waals surface area contributed by atoms with Gasteiger partial charge in [0.25, 0.3) is 0 Å². The van der Waals surface area contributed by atoms with Crippen molar-refractivity contribution in [3.63, 3.8) is 0 Å². The molecule has 15 heavy (non-hydrogen) atoms. The van der Waals surface area contributed by atoms with Crippen molar-refractivity contribution < 1.29 is 4.79 Å². The Hall–Kier alpha value is -0.870. The van der Waals surface area contributed by atoms with Crippen LogP contribution in [0, 0.1) is 0 Å². The highest BCUT2D eigenvalue weighted by Crippen LogP contribution is 2.28. The third-order valence-corrected chi connectivity index (χ3v) is 3.03. The molecule has 2 amide bonds. The summed E-state index contributed by atoms with van der Waals surface area (Å²) < 4.78 is 0. The number of nitrogens with one attached hydrogen (secondary N) is 1. The Kier molecular flexibility index (Phi) is 4.29. The monoisotopic (exact) mass is 244 g/mol. The number of hydrogen-bond donors (Lipinski definition) is 1. The number of urea groups is 1. The molecule has 0 bridgehead atoms. The maximum atomic E-state index is 11.4.